The molecule has 7 heteroatoms. The quantitative estimate of drug-likeness (QED) is 0.451. The Bertz CT molecular complexity index is 678. The highest BCUT2D eigenvalue weighted by Crippen LogP contribution is 2.16. The molecule has 130 valence electrons. The topological polar surface area (TPSA) is 83.8 Å². The summed E-state index contributed by atoms with van der Waals surface area (Å²) >= 11 is 0. The van der Waals surface area contributed by atoms with Crippen molar-refractivity contribution in [3.05, 3.63) is 30.2 Å². The number of nitrogens with two attached hydrogens (primary N) is 1. The number of nitrogens with zero attached hydrogens (tertiary/aromatic N) is 5. The summed E-state index contributed by atoms with van der Waals surface area (Å²) in [6.45, 7) is 6.08. The minimum Gasteiger partial charge on any atom is -0.370 e. The fourth-order valence-electron chi connectivity index (χ4n) is 3.30. The average molecular weight is 329 g/mol. The maximum Gasteiger partial charge on any atom is 0.188 e. The van der Waals surface area contributed by atoms with E-state index in [1.807, 2.05) is 28.8 Å². The van der Waals surface area contributed by atoms with E-state index in [9.17, 15) is 0 Å². The van der Waals surface area contributed by atoms with E-state index in [0.29, 0.717) is 12.0 Å². The minimum atomic E-state index is 0.545. The van der Waals surface area contributed by atoms with Crippen LogP contribution in [-0.4, -0.2) is 57.7 Å². The van der Waals surface area contributed by atoms with E-state index < -0.39 is 0 Å². The number of likely N-dealkylation sites (tertiary alicyclic amines) is 1. The van der Waals surface area contributed by atoms with E-state index in [-0.39, 0.29) is 0 Å². The van der Waals surface area contributed by atoms with Crippen molar-refractivity contribution < 1.29 is 0 Å². The van der Waals surface area contributed by atoms with Crippen molar-refractivity contribution in [2.45, 2.75) is 38.6 Å². The van der Waals surface area contributed by atoms with Gasteiger partial charge in [-0.3, -0.25) is 14.3 Å². The van der Waals surface area contributed by atoms with Gasteiger partial charge in [-0.2, -0.15) is 0 Å². The van der Waals surface area contributed by atoms with Crippen LogP contribution < -0.4 is 11.1 Å². The van der Waals surface area contributed by atoms with Crippen LogP contribution in [0, 0.1) is 0 Å². The summed E-state index contributed by atoms with van der Waals surface area (Å²) in [7, 11) is 0. The molecule has 3 heterocycles. The summed E-state index contributed by atoms with van der Waals surface area (Å²) < 4.78 is 2.02. The van der Waals surface area contributed by atoms with Gasteiger partial charge in [-0.25, -0.2) is 0 Å². The Morgan fingerprint density at radius 1 is 1.42 bits per heavy atom. The van der Waals surface area contributed by atoms with Crippen LogP contribution in [0.4, 0.5) is 0 Å². The predicted molar refractivity (Wildman–Crippen MR) is 96.1 cm³/mol. The summed E-state index contributed by atoms with van der Waals surface area (Å²) in [5, 5.41) is 11.6. The van der Waals surface area contributed by atoms with Gasteiger partial charge in [-0.1, -0.05) is 13.0 Å². The number of pyridine rings is 1. The van der Waals surface area contributed by atoms with Crippen molar-refractivity contribution in [1.82, 2.24) is 24.8 Å². The third-order valence-electron chi connectivity index (χ3n) is 4.65. The minimum absolute atomic E-state index is 0.545. The van der Waals surface area contributed by atoms with Gasteiger partial charge in [-0.15, -0.1) is 10.2 Å². The van der Waals surface area contributed by atoms with Gasteiger partial charge in [0.2, 0.25) is 0 Å². The highest BCUT2D eigenvalue weighted by Gasteiger charge is 2.22. The Morgan fingerprint density at radius 3 is 3.21 bits per heavy atom. The van der Waals surface area contributed by atoms with Gasteiger partial charge in [-0.05, 0) is 44.5 Å². The molecule has 3 rings (SSSR count). The van der Waals surface area contributed by atoms with Crippen LogP contribution in [0.15, 0.2) is 29.4 Å². The molecule has 2 aromatic rings. The first kappa shape index (κ1) is 16.7. The van der Waals surface area contributed by atoms with Crippen LogP contribution in [0.3, 0.4) is 0 Å². The van der Waals surface area contributed by atoms with Crippen molar-refractivity contribution in [2.24, 2.45) is 10.7 Å². The van der Waals surface area contributed by atoms with Gasteiger partial charge < -0.3 is 11.1 Å². The zero-order valence-electron chi connectivity index (χ0n) is 14.4. The van der Waals surface area contributed by atoms with E-state index in [1.54, 1.807) is 0 Å². The molecule has 0 aliphatic carbocycles. The van der Waals surface area contributed by atoms with Gasteiger partial charge in [0.25, 0.3) is 0 Å². The van der Waals surface area contributed by atoms with Crippen molar-refractivity contribution in [1.29, 1.82) is 0 Å². The molecule has 0 saturated carbocycles. The molecule has 24 heavy (non-hydrogen) atoms. The Balaban J connectivity index is 1.40. The number of aromatic nitrogens is 3. The third kappa shape index (κ3) is 4.03. The zero-order chi connectivity index (χ0) is 16.8. The molecule has 0 radical (unpaired) electrons. The van der Waals surface area contributed by atoms with Crippen LogP contribution >= 0.6 is 0 Å². The summed E-state index contributed by atoms with van der Waals surface area (Å²) in [4.78, 5) is 6.98. The molecule has 7 nitrogen and oxygen atoms in total. The first-order valence-electron chi connectivity index (χ1n) is 8.84. The Kier molecular flexibility index (Phi) is 5.63. The van der Waals surface area contributed by atoms with Crippen LogP contribution in [0.5, 0.6) is 0 Å². The zero-order valence-corrected chi connectivity index (χ0v) is 14.4. The van der Waals surface area contributed by atoms with Crippen LogP contribution in [0.1, 0.15) is 32.0 Å². The second kappa shape index (κ2) is 8.10. The van der Waals surface area contributed by atoms with E-state index in [2.05, 4.69) is 32.3 Å². The van der Waals surface area contributed by atoms with E-state index in [4.69, 9.17) is 5.73 Å². The average Bonchev–Trinajstić information content (AvgIpc) is 3.23. The lowest BCUT2D eigenvalue weighted by Crippen LogP contribution is -2.36. The number of hydrogen-bond donors (Lipinski definition) is 2. The lowest BCUT2D eigenvalue weighted by Gasteiger charge is -2.20. The lowest BCUT2D eigenvalue weighted by molar-refractivity contribution is 0.273. The highest BCUT2D eigenvalue weighted by molar-refractivity contribution is 5.77. The Morgan fingerprint density at radius 2 is 2.33 bits per heavy atom. The molecule has 3 N–H and O–H groups in total. The Labute approximate surface area is 143 Å². The molecular weight excluding hydrogens is 302 g/mol. The van der Waals surface area contributed by atoms with Gasteiger partial charge in [0.15, 0.2) is 11.6 Å². The molecule has 1 fully saturated rings. The van der Waals surface area contributed by atoms with E-state index >= 15 is 0 Å². The molecule has 1 aliphatic rings. The normalized spacial score (nSPS) is 19.2. The summed E-state index contributed by atoms with van der Waals surface area (Å²) in [6.07, 6.45) is 6.29. The van der Waals surface area contributed by atoms with Gasteiger partial charge in [0.05, 0.1) is 6.54 Å². The number of likely N-dealkylation sites (N-methyl/N-ethyl adjacent to an activating group) is 1. The molecule has 2 aromatic heterocycles. The number of aryl methyl sites for hydroxylation is 1. The molecule has 1 atom stereocenters. The highest BCUT2D eigenvalue weighted by atomic mass is 15.2. The number of fused-ring (bicyclic) bond motifs is 1. The molecule has 1 unspecified atom stereocenters. The summed E-state index contributed by atoms with van der Waals surface area (Å²) in [5.41, 5.74) is 6.86. The first-order valence-corrected chi connectivity index (χ1v) is 8.84. The van der Waals surface area contributed by atoms with Gasteiger partial charge in [0.1, 0.15) is 5.82 Å². The molecule has 0 bridgehead atoms. The number of guanidine groups is 1. The Hall–Kier alpha value is -2.15. The van der Waals surface area contributed by atoms with Crippen LogP contribution in [0.2, 0.25) is 0 Å². The number of aliphatic imine (C=N–C) groups is 1. The number of nitrogens with one attached hydrogen (secondary N) is 1. The molecule has 1 saturated heterocycles. The van der Waals surface area contributed by atoms with Crippen LogP contribution in [-0.2, 0) is 6.42 Å². The fourth-order valence-corrected chi connectivity index (χ4v) is 3.30. The van der Waals surface area contributed by atoms with Crippen molar-refractivity contribution in [3.8, 4) is 0 Å². The van der Waals surface area contributed by atoms with Crippen molar-refractivity contribution >= 4 is 11.6 Å². The summed E-state index contributed by atoms with van der Waals surface area (Å²) in [5.74, 6) is 1.52. The second-order valence-electron chi connectivity index (χ2n) is 6.23. The first-order chi connectivity index (χ1) is 11.8. The SMILES string of the molecule is CCN1CCCC1CN=C(N)NCCCc1nnc2ccccn12. The lowest BCUT2D eigenvalue weighted by atomic mass is 10.2. The second-order valence-corrected chi connectivity index (χ2v) is 6.23. The molecule has 0 amide bonds. The smallest absolute Gasteiger partial charge is 0.188 e. The van der Waals surface area contributed by atoms with Crippen LogP contribution in [0.25, 0.3) is 5.65 Å². The van der Waals surface area contributed by atoms with E-state index in [0.717, 1.165) is 43.9 Å². The fraction of sp³-hybridized carbons (Fsp3) is 0.588. The molecule has 1 aliphatic heterocycles. The maximum absolute atomic E-state index is 5.98. The van der Waals surface area contributed by atoms with Crippen molar-refractivity contribution in [2.75, 3.05) is 26.2 Å². The van der Waals surface area contributed by atoms with E-state index in [1.165, 1.54) is 19.4 Å². The van der Waals surface area contributed by atoms with Gasteiger partial charge in [0, 0.05) is 25.2 Å². The molecule has 0 aromatic carbocycles. The predicted octanol–water partition coefficient (Wildman–Crippen LogP) is 1.05. The maximum atomic E-state index is 5.98. The molecule has 0 spiro atoms. The number of hydrogen-bond acceptors (Lipinski definition) is 4. The largest absolute Gasteiger partial charge is 0.370 e. The monoisotopic (exact) mass is 329 g/mol. The standard InChI is InChI=1S/C17H27N7/c1-2-23-11-6-7-14(23)13-20-17(18)19-10-5-9-16-22-21-15-8-3-4-12-24(15)16/h3-4,8,12,14H,2,5-7,9-11,13H2,1H3,(H3,18,19,20). The molecular formula is C17H27N7. The summed E-state index contributed by atoms with van der Waals surface area (Å²) in [6, 6.07) is 6.47. The van der Waals surface area contributed by atoms with Crippen molar-refractivity contribution in [3.63, 3.8) is 0 Å². The number of rotatable bonds is 7. The van der Waals surface area contributed by atoms with Gasteiger partial charge >= 0.3 is 0 Å². The third-order valence-corrected chi connectivity index (χ3v) is 4.65.